The Morgan fingerprint density at radius 1 is 1.22 bits per heavy atom. The number of benzene rings is 1. The van der Waals surface area contributed by atoms with E-state index in [9.17, 15) is 4.79 Å². The van der Waals surface area contributed by atoms with Gasteiger partial charge in [-0.3, -0.25) is 10.1 Å². The summed E-state index contributed by atoms with van der Waals surface area (Å²) in [5.74, 6) is 0.696. The zero-order valence-corrected chi connectivity index (χ0v) is 13.3. The third-order valence-corrected chi connectivity index (χ3v) is 5.07. The Hall–Kier alpha value is -2.25. The molecule has 2 aromatic heterocycles. The summed E-state index contributed by atoms with van der Waals surface area (Å²) in [5.41, 5.74) is 2.19. The Labute approximate surface area is 137 Å². The van der Waals surface area contributed by atoms with Crippen LogP contribution in [0, 0.1) is 0 Å². The molecule has 1 saturated heterocycles. The molecule has 3 heterocycles. The van der Waals surface area contributed by atoms with E-state index in [4.69, 9.17) is 0 Å². The lowest BCUT2D eigenvalue weighted by atomic mass is 9.99. The van der Waals surface area contributed by atoms with E-state index in [1.54, 1.807) is 11.3 Å². The molecule has 7 heteroatoms. The maximum Gasteiger partial charge on any atom is 0.277 e. The second-order valence-electron chi connectivity index (χ2n) is 5.65. The number of aromatic amines is 1. The predicted octanol–water partition coefficient (Wildman–Crippen LogP) is 2.74. The highest BCUT2D eigenvalue weighted by atomic mass is 32.1. The molecule has 4 rings (SSSR count). The van der Waals surface area contributed by atoms with Crippen LogP contribution in [0.15, 0.2) is 29.6 Å². The average Bonchev–Trinajstić information content (AvgIpc) is 3.22. The van der Waals surface area contributed by atoms with Gasteiger partial charge in [0, 0.05) is 11.3 Å². The van der Waals surface area contributed by atoms with Crippen LogP contribution in [0.5, 0.6) is 0 Å². The van der Waals surface area contributed by atoms with Crippen molar-refractivity contribution in [2.75, 3.05) is 18.4 Å². The second-order valence-corrected chi connectivity index (χ2v) is 6.54. The summed E-state index contributed by atoms with van der Waals surface area (Å²) in [6.45, 7) is 2.04. The van der Waals surface area contributed by atoms with Crippen molar-refractivity contribution in [2.45, 2.75) is 18.8 Å². The van der Waals surface area contributed by atoms with Gasteiger partial charge in [-0.25, -0.2) is 9.97 Å². The first-order valence-electron chi connectivity index (χ1n) is 7.72. The standard InChI is InChI=1S/C16H17N5OS/c22-14(21-16-19-11-3-1-2-4-12(11)20-16)13-9-23-15(18-13)10-5-7-17-8-6-10/h1-4,9-10,17H,5-8H2,(H2,19,20,21,22). The van der Waals surface area contributed by atoms with Crippen molar-refractivity contribution in [1.29, 1.82) is 0 Å². The minimum atomic E-state index is -0.222. The van der Waals surface area contributed by atoms with Gasteiger partial charge in [0.2, 0.25) is 5.95 Å². The van der Waals surface area contributed by atoms with Crippen molar-refractivity contribution in [3.05, 3.63) is 40.3 Å². The fraction of sp³-hybridized carbons (Fsp3) is 0.312. The molecule has 1 amide bonds. The molecule has 23 heavy (non-hydrogen) atoms. The summed E-state index contributed by atoms with van der Waals surface area (Å²) >= 11 is 1.57. The summed E-state index contributed by atoms with van der Waals surface area (Å²) < 4.78 is 0. The molecule has 0 bridgehead atoms. The van der Waals surface area contributed by atoms with Crippen molar-refractivity contribution in [1.82, 2.24) is 20.3 Å². The van der Waals surface area contributed by atoms with E-state index in [0.717, 1.165) is 42.0 Å². The third kappa shape index (κ3) is 2.97. The summed E-state index contributed by atoms with van der Waals surface area (Å²) in [5, 5.41) is 9.02. The van der Waals surface area contributed by atoms with Crippen LogP contribution in [-0.2, 0) is 0 Å². The molecule has 0 spiro atoms. The Bertz CT molecular complexity index is 801. The number of nitrogens with zero attached hydrogens (tertiary/aromatic N) is 2. The normalized spacial score (nSPS) is 15.8. The lowest BCUT2D eigenvalue weighted by molar-refractivity contribution is 0.102. The zero-order chi connectivity index (χ0) is 15.6. The topological polar surface area (TPSA) is 82.7 Å². The molecule has 118 valence electrons. The summed E-state index contributed by atoms with van der Waals surface area (Å²) in [6.07, 6.45) is 2.16. The number of para-hydroxylation sites is 2. The van der Waals surface area contributed by atoms with Crippen LogP contribution in [0.25, 0.3) is 11.0 Å². The highest BCUT2D eigenvalue weighted by Crippen LogP contribution is 2.28. The molecular formula is C16H17N5OS. The number of hydrogen-bond donors (Lipinski definition) is 3. The number of hydrogen-bond acceptors (Lipinski definition) is 5. The van der Waals surface area contributed by atoms with Gasteiger partial charge in [0.15, 0.2) is 0 Å². The second kappa shape index (κ2) is 6.10. The molecule has 0 saturated carbocycles. The Kier molecular flexibility index (Phi) is 3.80. The van der Waals surface area contributed by atoms with Crippen LogP contribution < -0.4 is 10.6 Å². The van der Waals surface area contributed by atoms with Gasteiger partial charge in [-0.1, -0.05) is 12.1 Å². The minimum absolute atomic E-state index is 0.222. The van der Waals surface area contributed by atoms with Gasteiger partial charge in [-0.05, 0) is 38.1 Å². The van der Waals surface area contributed by atoms with E-state index >= 15 is 0 Å². The van der Waals surface area contributed by atoms with Crippen LogP contribution in [0.2, 0.25) is 0 Å². The number of aromatic nitrogens is 3. The molecule has 3 N–H and O–H groups in total. The van der Waals surface area contributed by atoms with E-state index < -0.39 is 0 Å². The monoisotopic (exact) mass is 327 g/mol. The van der Waals surface area contributed by atoms with E-state index in [0.29, 0.717) is 17.6 Å². The molecule has 6 nitrogen and oxygen atoms in total. The van der Waals surface area contributed by atoms with Crippen LogP contribution in [-0.4, -0.2) is 33.9 Å². The molecular weight excluding hydrogens is 310 g/mol. The number of thiazole rings is 1. The molecule has 1 aliphatic rings. The zero-order valence-electron chi connectivity index (χ0n) is 12.5. The van der Waals surface area contributed by atoms with E-state index in [-0.39, 0.29) is 5.91 Å². The van der Waals surface area contributed by atoms with Crippen LogP contribution in [0.3, 0.4) is 0 Å². The molecule has 1 aromatic carbocycles. The van der Waals surface area contributed by atoms with Crippen LogP contribution in [0.1, 0.15) is 34.3 Å². The number of nitrogens with one attached hydrogen (secondary N) is 3. The van der Waals surface area contributed by atoms with Gasteiger partial charge in [0.1, 0.15) is 5.69 Å². The van der Waals surface area contributed by atoms with Gasteiger partial charge in [0.25, 0.3) is 5.91 Å². The molecule has 0 radical (unpaired) electrons. The Morgan fingerprint density at radius 3 is 2.87 bits per heavy atom. The van der Waals surface area contributed by atoms with Gasteiger partial charge in [-0.15, -0.1) is 11.3 Å². The van der Waals surface area contributed by atoms with E-state index in [2.05, 4.69) is 25.6 Å². The Balaban J connectivity index is 1.49. The van der Waals surface area contributed by atoms with Crippen molar-refractivity contribution in [3.63, 3.8) is 0 Å². The summed E-state index contributed by atoms with van der Waals surface area (Å²) in [6, 6.07) is 7.67. The van der Waals surface area contributed by atoms with Gasteiger partial charge >= 0.3 is 0 Å². The lowest BCUT2D eigenvalue weighted by Crippen LogP contribution is -2.26. The molecule has 1 fully saturated rings. The highest BCUT2D eigenvalue weighted by molar-refractivity contribution is 7.09. The lowest BCUT2D eigenvalue weighted by Gasteiger charge is -2.20. The number of carbonyl (C=O) groups excluding carboxylic acids is 1. The van der Waals surface area contributed by atoms with Crippen molar-refractivity contribution in [2.24, 2.45) is 0 Å². The highest BCUT2D eigenvalue weighted by Gasteiger charge is 2.20. The van der Waals surface area contributed by atoms with Crippen LogP contribution >= 0.6 is 11.3 Å². The number of rotatable bonds is 3. The largest absolute Gasteiger partial charge is 0.324 e. The molecule has 0 aliphatic carbocycles. The molecule has 0 unspecified atom stereocenters. The fourth-order valence-corrected chi connectivity index (χ4v) is 3.80. The maximum absolute atomic E-state index is 12.3. The quantitative estimate of drug-likeness (QED) is 0.691. The summed E-state index contributed by atoms with van der Waals surface area (Å²) in [7, 11) is 0. The Morgan fingerprint density at radius 2 is 2.04 bits per heavy atom. The number of fused-ring (bicyclic) bond motifs is 1. The average molecular weight is 327 g/mol. The fourth-order valence-electron chi connectivity index (χ4n) is 2.83. The molecule has 3 aromatic rings. The van der Waals surface area contributed by atoms with Crippen LogP contribution in [0.4, 0.5) is 5.95 Å². The van der Waals surface area contributed by atoms with Crippen molar-refractivity contribution >= 4 is 34.2 Å². The SMILES string of the molecule is O=C(Nc1nc2ccccc2[nH]1)c1csc(C2CCNCC2)n1. The number of piperidine rings is 1. The number of anilines is 1. The number of H-pyrrole nitrogens is 1. The smallest absolute Gasteiger partial charge is 0.277 e. The minimum Gasteiger partial charge on any atom is -0.324 e. The van der Waals surface area contributed by atoms with Crippen molar-refractivity contribution in [3.8, 4) is 0 Å². The van der Waals surface area contributed by atoms with Crippen molar-refractivity contribution < 1.29 is 4.79 Å². The first kappa shape index (κ1) is 14.3. The first-order chi connectivity index (χ1) is 11.3. The van der Waals surface area contributed by atoms with E-state index in [1.165, 1.54) is 0 Å². The number of carbonyl (C=O) groups is 1. The molecule has 1 aliphatic heterocycles. The number of imidazole rings is 1. The first-order valence-corrected chi connectivity index (χ1v) is 8.60. The predicted molar refractivity (Wildman–Crippen MR) is 91.0 cm³/mol. The third-order valence-electron chi connectivity index (χ3n) is 4.06. The van der Waals surface area contributed by atoms with Gasteiger partial charge < -0.3 is 10.3 Å². The van der Waals surface area contributed by atoms with Gasteiger partial charge in [-0.2, -0.15) is 0 Å². The maximum atomic E-state index is 12.3. The van der Waals surface area contributed by atoms with Gasteiger partial charge in [0.05, 0.1) is 16.0 Å². The number of amides is 1. The molecule has 0 atom stereocenters. The van der Waals surface area contributed by atoms with E-state index in [1.807, 2.05) is 29.6 Å². The summed E-state index contributed by atoms with van der Waals surface area (Å²) in [4.78, 5) is 24.3.